The van der Waals surface area contributed by atoms with Gasteiger partial charge in [0.05, 0.1) is 38.2 Å². The molecule has 0 saturated carbocycles. The fraction of sp³-hybridized carbons (Fsp3) is 0.381. The summed E-state index contributed by atoms with van der Waals surface area (Å²) in [6.45, 7) is 4.47. The first-order chi connectivity index (χ1) is 14.0. The van der Waals surface area contributed by atoms with Gasteiger partial charge in [-0.25, -0.2) is 0 Å². The van der Waals surface area contributed by atoms with Gasteiger partial charge in [-0.05, 0) is 36.2 Å². The summed E-state index contributed by atoms with van der Waals surface area (Å²) >= 11 is 0. The van der Waals surface area contributed by atoms with Gasteiger partial charge < -0.3 is 19.9 Å². The SMILES string of the molecule is COc1ccc(CCNC(=O)C[NH+]2CCN(c3ccc([N+](=O)[O-])cc3)CC2)cc1. The molecule has 154 valence electrons. The molecule has 2 N–H and O–H groups in total. The summed E-state index contributed by atoms with van der Waals surface area (Å²) in [6.07, 6.45) is 0.791. The van der Waals surface area contributed by atoms with Gasteiger partial charge in [0.1, 0.15) is 5.75 Å². The summed E-state index contributed by atoms with van der Waals surface area (Å²) in [5.41, 5.74) is 2.25. The van der Waals surface area contributed by atoms with E-state index in [4.69, 9.17) is 4.74 Å². The molecule has 0 aromatic heterocycles. The molecule has 0 bridgehead atoms. The number of anilines is 1. The number of quaternary nitrogens is 1. The van der Waals surface area contributed by atoms with Crippen molar-refractivity contribution < 1.29 is 19.4 Å². The average Bonchev–Trinajstić information content (AvgIpc) is 2.75. The molecule has 8 nitrogen and oxygen atoms in total. The molecule has 1 heterocycles. The van der Waals surface area contributed by atoms with Gasteiger partial charge in [-0.15, -0.1) is 0 Å². The van der Waals surface area contributed by atoms with Crippen molar-refractivity contribution in [3.8, 4) is 5.75 Å². The minimum absolute atomic E-state index is 0.0669. The number of hydrogen-bond donors (Lipinski definition) is 2. The quantitative estimate of drug-likeness (QED) is 0.503. The first-order valence-corrected chi connectivity index (χ1v) is 9.78. The van der Waals surface area contributed by atoms with Crippen molar-refractivity contribution >= 4 is 17.3 Å². The third-order valence-corrected chi connectivity index (χ3v) is 5.20. The Morgan fingerprint density at radius 2 is 1.79 bits per heavy atom. The maximum absolute atomic E-state index is 12.2. The van der Waals surface area contributed by atoms with Crippen LogP contribution in [0.2, 0.25) is 0 Å². The smallest absolute Gasteiger partial charge is 0.275 e. The summed E-state index contributed by atoms with van der Waals surface area (Å²) < 4.78 is 5.14. The van der Waals surface area contributed by atoms with E-state index in [1.807, 2.05) is 24.3 Å². The Balaban J connectivity index is 1.37. The lowest BCUT2D eigenvalue weighted by Crippen LogP contribution is -3.16. The third kappa shape index (κ3) is 5.92. The highest BCUT2D eigenvalue weighted by molar-refractivity contribution is 5.76. The van der Waals surface area contributed by atoms with Gasteiger partial charge in [-0.1, -0.05) is 12.1 Å². The Hall–Kier alpha value is -3.13. The Morgan fingerprint density at radius 3 is 2.38 bits per heavy atom. The van der Waals surface area contributed by atoms with E-state index in [-0.39, 0.29) is 16.5 Å². The zero-order chi connectivity index (χ0) is 20.6. The number of nitro benzene ring substituents is 1. The molecule has 0 atom stereocenters. The monoisotopic (exact) mass is 399 g/mol. The van der Waals surface area contributed by atoms with E-state index in [0.717, 1.165) is 49.6 Å². The molecule has 2 aromatic rings. The van der Waals surface area contributed by atoms with Gasteiger partial charge in [0.25, 0.3) is 11.6 Å². The van der Waals surface area contributed by atoms with E-state index in [1.54, 1.807) is 19.2 Å². The van der Waals surface area contributed by atoms with E-state index in [2.05, 4.69) is 10.2 Å². The molecule has 1 saturated heterocycles. The highest BCUT2D eigenvalue weighted by atomic mass is 16.6. The van der Waals surface area contributed by atoms with E-state index in [1.165, 1.54) is 17.0 Å². The minimum atomic E-state index is -0.390. The highest BCUT2D eigenvalue weighted by Gasteiger charge is 2.22. The van der Waals surface area contributed by atoms with Crippen molar-refractivity contribution in [3.05, 3.63) is 64.2 Å². The van der Waals surface area contributed by atoms with Gasteiger partial charge in [-0.2, -0.15) is 0 Å². The van der Waals surface area contributed by atoms with E-state index in [9.17, 15) is 14.9 Å². The Kier molecular flexibility index (Phi) is 7.02. The Bertz CT molecular complexity index is 816. The van der Waals surface area contributed by atoms with Crippen LogP contribution in [0.1, 0.15) is 5.56 Å². The number of ether oxygens (including phenoxy) is 1. The van der Waals surface area contributed by atoms with Crippen LogP contribution in [-0.4, -0.2) is 57.2 Å². The van der Waals surface area contributed by atoms with E-state index < -0.39 is 0 Å². The highest BCUT2D eigenvalue weighted by Crippen LogP contribution is 2.19. The van der Waals surface area contributed by atoms with Gasteiger partial charge in [0.15, 0.2) is 6.54 Å². The van der Waals surface area contributed by atoms with Gasteiger partial charge in [-0.3, -0.25) is 14.9 Å². The lowest BCUT2D eigenvalue weighted by molar-refractivity contribution is -0.892. The molecule has 1 aliphatic rings. The summed E-state index contributed by atoms with van der Waals surface area (Å²) in [5.74, 6) is 0.895. The van der Waals surface area contributed by atoms with E-state index >= 15 is 0 Å². The maximum Gasteiger partial charge on any atom is 0.275 e. The fourth-order valence-electron chi connectivity index (χ4n) is 3.47. The molecular weight excluding hydrogens is 372 g/mol. The van der Waals surface area contributed by atoms with Crippen LogP contribution >= 0.6 is 0 Å². The zero-order valence-corrected chi connectivity index (χ0v) is 16.6. The molecule has 1 amide bonds. The fourth-order valence-corrected chi connectivity index (χ4v) is 3.47. The second-order valence-corrected chi connectivity index (χ2v) is 7.14. The predicted octanol–water partition coefficient (Wildman–Crippen LogP) is 0.667. The number of hydrogen-bond acceptors (Lipinski definition) is 5. The number of amides is 1. The number of piperazine rings is 1. The van der Waals surface area contributed by atoms with Crippen LogP contribution in [0.5, 0.6) is 5.75 Å². The zero-order valence-electron chi connectivity index (χ0n) is 16.6. The normalized spacial score (nSPS) is 14.4. The molecule has 3 rings (SSSR count). The van der Waals surface area contributed by atoms with Crippen LogP contribution in [0.15, 0.2) is 48.5 Å². The van der Waals surface area contributed by atoms with Crippen molar-refractivity contribution in [1.29, 1.82) is 0 Å². The number of non-ortho nitro benzene ring substituents is 1. The second-order valence-electron chi connectivity index (χ2n) is 7.14. The van der Waals surface area contributed by atoms with Crippen molar-refractivity contribution in [3.63, 3.8) is 0 Å². The third-order valence-electron chi connectivity index (χ3n) is 5.20. The first-order valence-electron chi connectivity index (χ1n) is 9.78. The number of nitrogens with zero attached hydrogens (tertiary/aromatic N) is 2. The summed E-state index contributed by atoms with van der Waals surface area (Å²) in [7, 11) is 1.64. The number of methoxy groups -OCH3 is 1. The summed E-state index contributed by atoms with van der Waals surface area (Å²) in [6, 6.07) is 14.5. The molecule has 29 heavy (non-hydrogen) atoms. The average molecular weight is 399 g/mol. The van der Waals surface area contributed by atoms with Crippen LogP contribution < -0.4 is 19.9 Å². The number of nitro groups is 1. The molecule has 0 spiro atoms. The van der Waals surface area contributed by atoms with Crippen LogP contribution in [-0.2, 0) is 11.2 Å². The summed E-state index contributed by atoms with van der Waals surface area (Å²) in [4.78, 5) is 26.1. The number of benzene rings is 2. The van der Waals surface area contributed by atoms with Crippen molar-refractivity contribution in [2.45, 2.75) is 6.42 Å². The molecule has 0 radical (unpaired) electrons. The molecule has 1 fully saturated rings. The lowest BCUT2D eigenvalue weighted by Gasteiger charge is -2.33. The Morgan fingerprint density at radius 1 is 1.14 bits per heavy atom. The number of nitrogens with one attached hydrogen (secondary N) is 2. The number of carbonyl (C=O) groups is 1. The van der Waals surface area contributed by atoms with Crippen LogP contribution in [0, 0.1) is 10.1 Å². The van der Waals surface area contributed by atoms with Crippen LogP contribution in [0.3, 0.4) is 0 Å². The molecule has 0 aliphatic carbocycles. The molecule has 2 aromatic carbocycles. The lowest BCUT2D eigenvalue weighted by atomic mass is 10.1. The van der Waals surface area contributed by atoms with E-state index in [0.29, 0.717) is 13.1 Å². The van der Waals surface area contributed by atoms with Crippen molar-refractivity contribution in [1.82, 2.24) is 5.32 Å². The second kappa shape index (κ2) is 9.88. The molecule has 0 unspecified atom stereocenters. The standard InChI is InChI=1S/C21H26N4O4/c1-29-20-8-2-17(3-9-20)10-11-22-21(26)16-23-12-14-24(15-13-23)18-4-6-19(7-5-18)25(27)28/h2-9H,10-16H2,1H3,(H,22,26)/p+1. The van der Waals surface area contributed by atoms with Crippen molar-refractivity contribution in [2.75, 3.05) is 51.3 Å². The molecular formula is C21H27N4O4+. The largest absolute Gasteiger partial charge is 0.497 e. The first kappa shape index (κ1) is 20.6. The molecule has 8 heteroatoms. The van der Waals surface area contributed by atoms with Gasteiger partial charge in [0.2, 0.25) is 0 Å². The molecule has 1 aliphatic heterocycles. The van der Waals surface area contributed by atoms with Gasteiger partial charge in [0, 0.05) is 24.4 Å². The summed E-state index contributed by atoms with van der Waals surface area (Å²) in [5, 5.41) is 13.8. The number of carbonyl (C=O) groups excluding carboxylic acids is 1. The minimum Gasteiger partial charge on any atom is -0.497 e. The maximum atomic E-state index is 12.2. The van der Waals surface area contributed by atoms with Gasteiger partial charge >= 0.3 is 0 Å². The van der Waals surface area contributed by atoms with Crippen LogP contribution in [0.25, 0.3) is 0 Å². The number of rotatable bonds is 8. The predicted molar refractivity (Wildman–Crippen MR) is 111 cm³/mol. The topological polar surface area (TPSA) is 89.2 Å². The Labute approximate surface area is 170 Å². The van der Waals surface area contributed by atoms with Crippen LogP contribution in [0.4, 0.5) is 11.4 Å². The van der Waals surface area contributed by atoms with Crippen molar-refractivity contribution in [2.24, 2.45) is 0 Å².